The van der Waals surface area contributed by atoms with Gasteiger partial charge in [0.15, 0.2) is 0 Å². The van der Waals surface area contributed by atoms with Gasteiger partial charge in [0, 0.05) is 75.4 Å². The van der Waals surface area contributed by atoms with Crippen LogP contribution in [0.25, 0.3) is 0 Å². The molecule has 2 aliphatic carbocycles. The minimum absolute atomic E-state index is 0.0132. The number of carbonyl (C=O) groups is 12. The molecule has 0 bridgehead atoms. The van der Waals surface area contributed by atoms with E-state index in [1.807, 2.05) is 20.8 Å². The summed E-state index contributed by atoms with van der Waals surface area (Å²) in [5.41, 5.74) is 0. The number of carbonyl (C=O) groups excluding carboxylic acids is 12. The van der Waals surface area contributed by atoms with Crippen LogP contribution in [0.2, 0.25) is 0 Å². The first-order valence-corrected chi connectivity index (χ1v) is 34.5. The Morgan fingerprint density at radius 3 is 1.71 bits per heavy atom. The first kappa shape index (κ1) is 81.2. The number of rotatable bonds is 12. The van der Waals surface area contributed by atoms with Gasteiger partial charge in [-0.15, -0.1) is 11.6 Å². The van der Waals surface area contributed by atoms with Crippen molar-refractivity contribution < 1.29 is 70.7 Å². The van der Waals surface area contributed by atoms with E-state index in [1.165, 1.54) is 109 Å². The van der Waals surface area contributed by atoms with Crippen LogP contribution in [0.15, 0.2) is 0 Å². The Hall–Kier alpha value is -6.28. The zero-order valence-corrected chi connectivity index (χ0v) is 60.6. The lowest BCUT2D eigenvalue weighted by Gasteiger charge is -2.45. The van der Waals surface area contributed by atoms with Crippen LogP contribution in [0.4, 0.5) is 13.2 Å². The van der Waals surface area contributed by atoms with Crippen molar-refractivity contribution in [3.05, 3.63) is 0 Å². The van der Waals surface area contributed by atoms with Gasteiger partial charge in [0.2, 0.25) is 70.9 Å². The highest BCUT2D eigenvalue weighted by molar-refractivity contribution is 6.20. The number of amides is 12. The van der Waals surface area contributed by atoms with Crippen molar-refractivity contribution in [2.75, 3.05) is 76.5 Å². The van der Waals surface area contributed by atoms with Crippen molar-refractivity contribution in [2.45, 2.75) is 238 Å². The van der Waals surface area contributed by atoms with E-state index in [2.05, 4.69) is 22.9 Å². The standard InChI is InChI=1S/C67H112ClF3N12O12/c1-20-39(6)55-65(94)78(15)43(10)60(89)83-31-30-49(83)64(93)80(17)51(34-45-24-22-38(5)23-25-45)63(92)76(13)36-53(84)73-48(29-27-44-26-28-46(47(68)33-44)67(69,70)71)61(90)77(14)42(9)57(86)72-41(8)59(88)82(19)56(40(7)21-2)66(95)81(18)52(62(91)75(11)12)35-54(85)79(16)50(32-37(3)4)58(87)74-55/h37-52,55-56H,20-36H2,1-19H3,(H,72,86)(H,73,84)(H,74,87)/t38?,39-,40-,41-,42-,43-,44?,45?,46?,47?,48-,49-,50-,51-,52-,55-,56-/m0/s1. The van der Waals surface area contributed by atoms with E-state index in [4.69, 9.17) is 11.6 Å². The summed E-state index contributed by atoms with van der Waals surface area (Å²) in [5, 5.41) is 7.04. The van der Waals surface area contributed by atoms with Gasteiger partial charge in [0.1, 0.15) is 60.4 Å². The topological polar surface area (TPSA) is 270 Å². The van der Waals surface area contributed by atoms with E-state index in [0.717, 1.165) is 45.3 Å². The molecular formula is C67H112ClF3N12O12. The third-order valence-electron chi connectivity index (χ3n) is 21.0. The maximum Gasteiger partial charge on any atom is 0.393 e. The van der Waals surface area contributed by atoms with Crippen LogP contribution in [-0.2, 0) is 57.5 Å². The summed E-state index contributed by atoms with van der Waals surface area (Å²) in [6, 6.07) is -12.5. The first-order valence-electron chi connectivity index (χ1n) is 34.1. The molecule has 2 saturated heterocycles. The molecule has 540 valence electrons. The number of halogens is 4. The van der Waals surface area contributed by atoms with Crippen molar-refractivity contribution in [3.8, 4) is 0 Å². The maximum absolute atomic E-state index is 15.0. The summed E-state index contributed by atoms with van der Waals surface area (Å²) in [4.78, 5) is 186. The summed E-state index contributed by atoms with van der Waals surface area (Å²) in [6.07, 6.45) is -0.575. The molecule has 4 rings (SSSR count). The molecule has 3 unspecified atom stereocenters. The lowest BCUT2D eigenvalue weighted by atomic mass is 9.78. The van der Waals surface area contributed by atoms with Crippen LogP contribution in [0, 0.1) is 41.4 Å². The predicted molar refractivity (Wildman–Crippen MR) is 353 cm³/mol. The van der Waals surface area contributed by atoms with Crippen LogP contribution < -0.4 is 16.0 Å². The van der Waals surface area contributed by atoms with E-state index in [-0.39, 0.29) is 75.7 Å². The smallest absolute Gasteiger partial charge is 0.347 e. The second kappa shape index (κ2) is 35.3. The Labute approximate surface area is 566 Å². The molecule has 28 heteroatoms. The zero-order valence-electron chi connectivity index (χ0n) is 59.8. The summed E-state index contributed by atoms with van der Waals surface area (Å²) >= 11 is 6.33. The summed E-state index contributed by atoms with van der Waals surface area (Å²) < 4.78 is 41.7. The number of likely N-dealkylation sites (N-methyl/N-ethyl adjacent to an activating group) is 8. The third kappa shape index (κ3) is 20.6. The number of fused-ring (bicyclic) bond motifs is 1. The van der Waals surface area contributed by atoms with Crippen molar-refractivity contribution in [1.29, 1.82) is 0 Å². The Morgan fingerprint density at radius 1 is 0.600 bits per heavy atom. The molecule has 3 N–H and O–H groups in total. The Bertz CT molecular complexity index is 2740. The fourth-order valence-electron chi connectivity index (χ4n) is 13.5. The maximum atomic E-state index is 15.0. The van der Waals surface area contributed by atoms with Gasteiger partial charge >= 0.3 is 6.18 Å². The largest absolute Gasteiger partial charge is 0.393 e. The predicted octanol–water partition coefficient (Wildman–Crippen LogP) is 4.73. The Morgan fingerprint density at radius 2 is 1.18 bits per heavy atom. The number of nitrogens with zero attached hydrogens (tertiary/aromatic N) is 9. The van der Waals surface area contributed by atoms with Gasteiger partial charge in [0.25, 0.3) is 0 Å². The highest BCUT2D eigenvalue weighted by Gasteiger charge is 2.49. The zero-order chi connectivity index (χ0) is 72.2. The third-order valence-corrected chi connectivity index (χ3v) is 21.5. The van der Waals surface area contributed by atoms with Crippen molar-refractivity contribution in [1.82, 2.24) is 60.0 Å². The molecule has 0 radical (unpaired) electrons. The highest BCUT2D eigenvalue weighted by Crippen LogP contribution is 2.44. The molecule has 0 spiro atoms. The van der Waals surface area contributed by atoms with Gasteiger partial charge in [-0.05, 0) is 108 Å². The molecule has 2 aliphatic heterocycles. The molecule has 15 atom stereocenters. The van der Waals surface area contributed by atoms with Crippen LogP contribution in [0.1, 0.15) is 166 Å². The minimum Gasteiger partial charge on any atom is -0.347 e. The molecule has 2 heterocycles. The number of alkyl halides is 4. The summed E-state index contributed by atoms with van der Waals surface area (Å²) in [5.74, 6) is -11.1. The number of nitrogens with one attached hydrogen (secondary N) is 3. The number of hydrogen-bond donors (Lipinski definition) is 3. The van der Waals surface area contributed by atoms with E-state index in [1.54, 1.807) is 20.8 Å². The van der Waals surface area contributed by atoms with Crippen molar-refractivity contribution in [2.24, 2.45) is 41.4 Å². The monoisotopic (exact) mass is 1370 g/mol. The average molecular weight is 1370 g/mol. The SMILES string of the molecule is CC[C@H](C)[C@@H]1NC(=O)[C@H](CC(C)C)N(C)C(=O)C[C@@H](C(=O)N(C)C)N(C)C(=O)[C@H]([C@@H](C)CC)N(C)C(=O)[C@H](C)NC(=O)[C@H](C)N(C)C(=O)[C@H](CCC2CCC(C(F)(F)F)C(Cl)C2)NC(=O)CN(C)C(=O)[C@H](CC2CCC(C)CC2)N(C)C(=O)[C@@H]2CCN2C(=O)[C@H](C)N(C)C1=O. The first-order chi connectivity index (χ1) is 44.1. The fourth-order valence-corrected chi connectivity index (χ4v) is 14.0. The summed E-state index contributed by atoms with van der Waals surface area (Å²) in [7, 11) is 12.6. The molecule has 0 aromatic heterocycles. The molecule has 4 aliphatic rings. The molecule has 24 nitrogen and oxygen atoms in total. The van der Waals surface area contributed by atoms with Gasteiger partial charge in [-0.25, -0.2) is 0 Å². The van der Waals surface area contributed by atoms with E-state index >= 15 is 0 Å². The van der Waals surface area contributed by atoms with Gasteiger partial charge in [-0.2, -0.15) is 13.2 Å². The van der Waals surface area contributed by atoms with Crippen molar-refractivity contribution >= 4 is 82.5 Å². The molecular weight excluding hydrogens is 1260 g/mol. The second-order valence-electron chi connectivity index (χ2n) is 28.6. The van der Waals surface area contributed by atoms with Gasteiger partial charge in [-0.3, -0.25) is 57.5 Å². The van der Waals surface area contributed by atoms with Crippen LogP contribution >= 0.6 is 11.6 Å². The van der Waals surface area contributed by atoms with Crippen LogP contribution in [-0.4, -0.2) is 263 Å². The van der Waals surface area contributed by atoms with Crippen LogP contribution in [0.5, 0.6) is 0 Å². The highest BCUT2D eigenvalue weighted by atomic mass is 35.5. The van der Waals surface area contributed by atoms with E-state index in [9.17, 15) is 70.7 Å². The summed E-state index contributed by atoms with van der Waals surface area (Å²) in [6.45, 7) is 16.7. The molecule has 95 heavy (non-hydrogen) atoms. The lowest BCUT2D eigenvalue weighted by molar-refractivity contribution is -0.182. The number of hydrogen-bond acceptors (Lipinski definition) is 12. The fraction of sp³-hybridized carbons (Fsp3) is 0.821. The Kier molecular flexibility index (Phi) is 30.1. The molecule has 12 amide bonds. The van der Waals surface area contributed by atoms with E-state index < -0.39 is 174 Å². The molecule has 4 fully saturated rings. The van der Waals surface area contributed by atoms with Crippen LogP contribution in [0.3, 0.4) is 0 Å². The van der Waals surface area contributed by atoms with Crippen molar-refractivity contribution in [3.63, 3.8) is 0 Å². The van der Waals surface area contributed by atoms with E-state index in [0.29, 0.717) is 18.8 Å². The lowest BCUT2D eigenvalue weighted by Crippen LogP contribution is -2.65. The van der Waals surface area contributed by atoms with Gasteiger partial charge in [-0.1, -0.05) is 87.0 Å². The quantitative estimate of drug-likeness (QED) is 0.224. The normalized spacial score (nSPS) is 31.6. The van der Waals surface area contributed by atoms with Gasteiger partial charge < -0.3 is 60.0 Å². The second-order valence-corrected chi connectivity index (χ2v) is 29.1. The van der Waals surface area contributed by atoms with Gasteiger partial charge in [0.05, 0.1) is 18.9 Å². The molecule has 0 aromatic carbocycles. The Balaban J connectivity index is 1.84. The molecule has 2 saturated carbocycles. The average Bonchev–Trinajstić information content (AvgIpc) is 0.810. The minimum atomic E-state index is -4.52. The molecule has 0 aromatic rings.